The van der Waals surface area contributed by atoms with E-state index in [-0.39, 0.29) is 23.1 Å². The molecule has 1 aliphatic rings. The van der Waals surface area contributed by atoms with Crippen molar-refractivity contribution in [2.75, 3.05) is 13.2 Å². The van der Waals surface area contributed by atoms with Crippen LogP contribution in [0.25, 0.3) is 11.0 Å². The fourth-order valence-corrected chi connectivity index (χ4v) is 2.63. The van der Waals surface area contributed by atoms with E-state index in [4.69, 9.17) is 9.47 Å². The van der Waals surface area contributed by atoms with E-state index in [1.165, 1.54) is 22.5 Å². The Bertz CT molecular complexity index is 820. The molecule has 8 heteroatoms. The summed E-state index contributed by atoms with van der Waals surface area (Å²) in [6.07, 6.45) is 4.11. The molecule has 8 nitrogen and oxygen atoms in total. The summed E-state index contributed by atoms with van der Waals surface area (Å²) in [6, 6.07) is 1.02. The highest BCUT2D eigenvalue weighted by Crippen LogP contribution is 2.16. The van der Waals surface area contributed by atoms with Crippen LogP contribution in [0.1, 0.15) is 19.3 Å². The third-order valence-corrected chi connectivity index (χ3v) is 3.96. The Morgan fingerprint density at radius 3 is 3.00 bits per heavy atom. The summed E-state index contributed by atoms with van der Waals surface area (Å²) in [6.45, 7) is 1.30. The Morgan fingerprint density at radius 1 is 1.43 bits per heavy atom. The summed E-state index contributed by atoms with van der Waals surface area (Å²) in [7, 11) is 1.50. The quantitative estimate of drug-likeness (QED) is 0.873. The van der Waals surface area contributed by atoms with Crippen molar-refractivity contribution in [2.45, 2.75) is 32.1 Å². The zero-order valence-electron chi connectivity index (χ0n) is 12.9. The highest BCUT2D eigenvalue weighted by Gasteiger charge is 2.15. The number of hydrogen-bond donors (Lipinski definition) is 1. The lowest BCUT2D eigenvalue weighted by molar-refractivity contribution is -0.163. The zero-order valence-corrected chi connectivity index (χ0v) is 12.9. The molecule has 3 heterocycles. The number of ether oxygens (including phenoxy) is 2. The first-order valence-electron chi connectivity index (χ1n) is 7.59. The second-order valence-electron chi connectivity index (χ2n) is 5.54. The molecule has 1 saturated heterocycles. The number of rotatable bonds is 4. The van der Waals surface area contributed by atoms with Crippen LogP contribution in [0.5, 0.6) is 5.75 Å². The van der Waals surface area contributed by atoms with Crippen LogP contribution in [0, 0.1) is 0 Å². The summed E-state index contributed by atoms with van der Waals surface area (Å²) >= 11 is 0. The number of aryl methyl sites for hydroxylation is 1. The van der Waals surface area contributed by atoms with E-state index < -0.39 is 11.1 Å². The van der Waals surface area contributed by atoms with E-state index in [0.29, 0.717) is 19.8 Å². The van der Waals surface area contributed by atoms with Gasteiger partial charge in [-0.15, -0.1) is 0 Å². The molecule has 0 aromatic carbocycles. The Kier molecular flexibility index (Phi) is 4.44. The molecule has 23 heavy (non-hydrogen) atoms. The molecule has 1 N–H and O–H groups in total. The maximum atomic E-state index is 12.5. The van der Waals surface area contributed by atoms with Gasteiger partial charge in [-0.25, -0.2) is 4.98 Å². The highest BCUT2D eigenvalue weighted by atomic mass is 16.7. The highest BCUT2D eigenvalue weighted by molar-refractivity contribution is 5.80. The van der Waals surface area contributed by atoms with Crippen LogP contribution >= 0.6 is 0 Å². The lowest BCUT2D eigenvalue weighted by Gasteiger charge is -2.22. The lowest BCUT2D eigenvalue weighted by Crippen LogP contribution is -2.28. The van der Waals surface area contributed by atoms with Gasteiger partial charge >= 0.3 is 0 Å². The van der Waals surface area contributed by atoms with E-state index in [0.717, 1.165) is 25.3 Å². The topological polar surface area (TPSA) is 95.6 Å². The lowest BCUT2D eigenvalue weighted by atomic mass is 10.2. The number of hydrogen-bond acceptors (Lipinski definition) is 6. The molecular weight excluding hydrogens is 302 g/mol. The van der Waals surface area contributed by atoms with Crippen molar-refractivity contribution in [3.8, 4) is 5.75 Å². The van der Waals surface area contributed by atoms with E-state index >= 15 is 0 Å². The van der Waals surface area contributed by atoms with Gasteiger partial charge in [0.1, 0.15) is 11.1 Å². The van der Waals surface area contributed by atoms with E-state index in [9.17, 15) is 14.7 Å². The van der Waals surface area contributed by atoms with Crippen LogP contribution in [0.4, 0.5) is 0 Å². The molecule has 1 unspecified atom stereocenters. The summed E-state index contributed by atoms with van der Waals surface area (Å²) in [4.78, 5) is 28.2. The fraction of sp³-hybridized carbons (Fsp3) is 0.533. The van der Waals surface area contributed by atoms with Crippen LogP contribution in [0.15, 0.2) is 22.0 Å². The van der Waals surface area contributed by atoms with Gasteiger partial charge in [0, 0.05) is 19.7 Å². The standard InChI is InChI=1S/C15H19N3O5/c1-17-11(20)8-10(19)13-14(17)16-9-18(15(13)21)5-7-23-12-4-2-3-6-22-12/h8-9,12,19H,2-7H2,1H3. The summed E-state index contributed by atoms with van der Waals surface area (Å²) in [5, 5.41) is 9.92. The van der Waals surface area contributed by atoms with Crippen LogP contribution in [-0.2, 0) is 23.1 Å². The number of nitrogens with zero attached hydrogens (tertiary/aromatic N) is 3. The average Bonchev–Trinajstić information content (AvgIpc) is 2.55. The molecule has 2 aromatic rings. The Labute approximate surface area is 131 Å². The summed E-state index contributed by atoms with van der Waals surface area (Å²) < 4.78 is 13.6. The molecule has 0 bridgehead atoms. The summed E-state index contributed by atoms with van der Waals surface area (Å²) in [5.74, 6) is -0.355. The van der Waals surface area contributed by atoms with E-state index in [1.807, 2.05) is 0 Å². The third-order valence-electron chi connectivity index (χ3n) is 3.96. The number of aromatic nitrogens is 3. The molecule has 1 aliphatic heterocycles. The number of pyridine rings is 1. The first kappa shape index (κ1) is 15.7. The Morgan fingerprint density at radius 2 is 2.26 bits per heavy atom. The van der Waals surface area contributed by atoms with Gasteiger partial charge in [-0.05, 0) is 19.3 Å². The molecular formula is C15H19N3O5. The largest absolute Gasteiger partial charge is 0.507 e. The average molecular weight is 321 g/mol. The van der Waals surface area contributed by atoms with Crippen LogP contribution in [0.3, 0.4) is 0 Å². The van der Waals surface area contributed by atoms with Crippen molar-refractivity contribution in [1.82, 2.24) is 14.1 Å². The SMILES string of the molecule is Cn1c(=O)cc(O)c2c(=O)n(CCOC3CCCCO3)cnc21. The summed E-state index contributed by atoms with van der Waals surface area (Å²) in [5.41, 5.74) is -0.665. The van der Waals surface area contributed by atoms with E-state index in [1.54, 1.807) is 0 Å². The van der Waals surface area contributed by atoms with Gasteiger partial charge in [-0.3, -0.25) is 18.7 Å². The zero-order chi connectivity index (χ0) is 16.4. The van der Waals surface area contributed by atoms with E-state index in [2.05, 4.69) is 4.98 Å². The van der Waals surface area contributed by atoms with Gasteiger partial charge in [0.05, 0.1) is 19.5 Å². The van der Waals surface area contributed by atoms with Crippen molar-refractivity contribution in [2.24, 2.45) is 7.05 Å². The molecule has 0 radical (unpaired) electrons. The van der Waals surface area contributed by atoms with Crippen LogP contribution in [-0.4, -0.2) is 38.7 Å². The second kappa shape index (κ2) is 6.51. The minimum atomic E-state index is -0.419. The fourth-order valence-electron chi connectivity index (χ4n) is 2.63. The monoisotopic (exact) mass is 321 g/mol. The van der Waals surface area contributed by atoms with Gasteiger partial charge < -0.3 is 14.6 Å². The van der Waals surface area contributed by atoms with Gasteiger partial charge in [-0.1, -0.05) is 0 Å². The van der Waals surface area contributed by atoms with Crippen molar-refractivity contribution < 1.29 is 14.6 Å². The molecule has 124 valence electrons. The van der Waals surface area contributed by atoms with Crippen molar-refractivity contribution in [3.63, 3.8) is 0 Å². The van der Waals surface area contributed by atoms with Crippen molar-refractivity contribution >= 4 is 11.0 Å². The maximum absolute atomic E-state index is 12.5. The molecule has 0 spiro atoms. The third kappa shape index (κ3) is 3.13. The molecule has 1 atom stereocenters. The van der Waals surface area contributed by atoms with Gasteiger partial charge in [-0.2, -0.15) is 0 Å². The second-order valence-corrected chi connectivity index (χ2v) is 5.54. The first-order chi connectivity index (χ1) is 11.1. The maximum Gasteiger partial charge on any atom is 0.266 e. The van der Waals surface area contributed by atoms with Gasteiger partial charge in [0.15, 0.2) is 11.9 Å². The normalized spacial score (nSPS) is 18.4. The molecule has 0 aliphatic carbocycles. The van der Waals surface area contributed by atoms with Crippen molar-refractivity contribution in [3.05, 3.63) is 33.1 Å². The number of fused-ring (bicyclic) bond motifs is 1. The minimum absolute atomic E-state index is 0.0310. The first-order valence-corrected chi connectivity index (χ1v) is 7.59. The number of aromatic hydroxyl groups is 1. The Balaban J connectivity index is 1.81. The van der Waals surface area contributed by atoms with Crippen LogP contribution < -0.4 is 11.1 Å². The molecule has 2 aromatic heterocycles. The van der Waals surface area contributed by atoms with Crippen molar-refractivity contribution in [1.29, 1.82) is 0 Å². The van der Waals surface area contributed by atoms with Crippen LogP contribution in [0.2, 0.25) is 0 Å². The van der Waals surface area contributed by atoms with Gasteiger partial charge in [0.2, 0.25) is 0 Å². The van der Waals surface area contributed by atoms with Gasteiger partial charge in [0.25, 0.3) is 11.1 Å². The molecule has 0 amide bonds. The smallest absolute Gasteiger partial charge is 0.266 e. The predicted octanol–water partition coefficient (Wildman–Crippen LogP) is 0.344. The minimum Gasteiger partial charge on any atom is -0.507 e. The molecule has 1 fully saturated rings. The predicted molar refractivity (Wildman–Crippen MR) is 82.5 cm³/mol. The molecule has 0 saturated carbocycles. The molecule has 3 rings (SSSR count). The Hall–Kier alpha value is -2.19.